The van der Waals surface area contributed by atoms with Gasteiger partial charge in [-0.25, -0.2) is 4.98 Å². The van der Waals surface area contributed by atoms with Crippen molar-refractivity contribution in [2.45, 2.75) is 13.5 Å². The highest BCUT2D eigenvalue weighted by Crippen LogP contribution is 2.18. The normalized spacial score (nSPS) is 10.0. The minimum atomic E-state index is 0.489. The van der Waals surface area contributed by atoms with Gasteiger partial charge in [0.25, 0.3) is 0 Å². The molecular formula is C5H9N3S. The van der Waals surface area contributed by atoms with Crippen LogP contribution in [0.25, 0.3) is 0 Å². The standard InChI is InChI=1S/C5H9N3S/c1-3-5(7)9-4(2-6)8-3/h2,6-7H2,1H3. The third-order valence-corrected chi connectivity index (χ3v) is 2.06. The quantitative estimate of drug-likeness (QED) is 0.601. The van der Waals surface area contributed by atoms with Crippen molar-refractivity contribution in [3.8, 4) is 0 Å². The van der Waals surface area contributed by atoms with Crippen molar-refractivity contribution in [2.24, 2.45) is 5.73 Å². The van der Waals surface area contributed by atoms with Crippen LogP contribution in [0.5, 0.6) is 0 Å². The number of aryl methyl sites for hydroxylation is 1. The molecule has 0 atom stereocenters. The minimum absolute atomic E-state index is 0.489. The number of hydrogen-bond acceptors (Lipinski definition) is 4. The molecule has 1 heterocycles. The average Bonchev–Trinajstić information content (AvgIpc) is 2.13. The first kappa shape index (κ1) is 6.51. The zero-order valence-corrected chi connectivity index (χ0v) is 6.03. The molecule has 1 rings (SSSR count). The summed E-state index contributed by atoms with van der Waals surface area (Å²) >= 11 is 1.46. The van der Waals surface area contributed by atoms with E-state index in [4.69, 9.17) is 11.5 Å². The Balaban J connectivity index is 2.98. The van der Waals surface area contributed by atoms with Crippen LogP contribution in [0.15, 0.2) is 0 Å². The Morgan fingerprint density at radius 3 is 2.56 bits per heavy atom. The number of aromatic nitrogens is 1. The number of rotatable bonds is 1. The fraction of sp³-hybridized carbons (Fsp3) is 0.400. The molecule has 3 nitrogen and oxygen atoms in total. The van der Waals surface area contributed by atoms with Gasteiger partial charge in [0.2, 0.25) is 0 Å². The molecule has 0 aliphatic carbocycles. The number of anilines is 1. The Morgan fingerprint density at radius 1 is 1.67 bits per heavy atom. The first-order chi connectivity index (χ1) is 4.24. The molecule has 50 valence electrons. The molecule has 0 aliphatic heterocycles. The first-order valence-corrected chi connectivity index (χ1v) is 3.47. The number of thiazole rings is 1. The van der Waals surface area contributed by atoms with Crippen molar-refractivity contribution in [3.05, 3.63) is 10.7 Å². The molecule has 0 fully saturated rings. The Kier molecular flexibility index (Phi) is 1.68. The summed E-state index contributed by atoms with van der Waals surface area (Å²) in [6.45, 7) is 2.37. The van der Waals surface area contributed by atoms with E-state index in [1.807, 2.05) is 6.92 Å². The van der Waals surface area contributed by atoms with Crippen molar-refractivity contribution in [1.29, 1.82) is 0 Å². The van der Waals surface area contributed by atoms with Gasteiger partial charge in [-0.1, -0.05) is 0 Å². The summed E-state index contributed by atoms with van der Waals surface area (Å²) in [5, 5.41) is 1.68. The lowest BCUT2D eigenvalue weighted by Gasteiger charge is -1.79. The molecule has 0 saturated heterocycles. The molecular weight excluding hydrogens is 134 g/mol. The van der Waals surface area contributed by atoms with Gasteiger partial charge in [-0.3, -0.25) is 0 Å². The van der Waals surface area contributed by atoms with Crippen molar-refractivity contribution < 1.29 is 0 Å². The molecule has 0 aliphatic rings. The summed E-state index contributed by atoms with van der Waals surface area (Å²) in [4.78, 5) is 4.10. The summed E-state index contributed by atoms with van der Waals surface area (Å²) in [6, 6.07) is 0. The number of nitrogen functional groups attached to an aromatic ring is 1. The fourth-order valence-electron chi connectivity index (χ4n) is 0.553. The van der Waals surface area contributed by atoms with Gasteiger partial charge < -0.3 is 11.5 Å². The Labute approximate surface area is 57.7 Å². The maximum Gasteiger partial charge on any atom is 0.109 e. The highest BCUT2D eigenvalue weighted by Gasteiger charge is 2.00. The van der Waals surface area contributed by atoms with Crippen LogP contribution in [0.1, 0.15) is 10.7 Å². The molecule has 0 spiro atoms. The lowest BCUT2D eigenvalue weighted by Crippen LogP contribution is -1.94. The molecule has 0 bridgehead atoms. The fourth-order valence-corrected chi connectivity index (χ4v) is 1.27. The summed E-state index contributed by atoms with van der Waals surface area (Å²) in [5.41, 5.74) is 11.7. The molecule has 4 heteroatoms. The van der Waals surface area contributed by atoms with Gasteiger partial charge in [0.05, 0.1) is 5.69 Å². The second-order valence-electron chi connectivity index (χ2n) is 1.76. The third kappa shape index (κ3) is 1.20. The average molecular weight is 143 g/mol. The second-order valence-corrected chi connectivity index (χ2v) is 2.88. The molecule has 1 aromatic heterocycles. The number of nitrogens with two attached hydrogens (primary N) is 2. The van der Waals surface area contributed by atoms with E-state index in [1.54, 1.807) is 0 Å². The molecule has 0 unspecified atom stereocenters. The van der Waals surface area contributed by atoms with Gasteiger partial charge in [0.1, 0.15) is 10.0 Å². The maximum atomic E-state index is 5.52. The van der Waals surface area contributed by atoms with Crippen LogP contribution < -0.4 is 11.5 Å². The van der Waals surface area contributed by atoms with E-state index in [0.717, 1.165) is 15.7 Å². The monoisotopic (exact) mass is 143 g/mol. The molecule has 4 N–H and O–H groups in total. The number of nitrogens with zero attached hydrogens (tertiary/aromatic N) is 1. The van der Waals surface area contributed by atoms with Crippen LogP contribution in [-0.2, 0) is 6.54 Å². The Bertz CT molecular complexity index is 186. The first-order valence-electron chi connectivity index (χ1n) is 2.66. The van der Waals surface area contributed by atoms with Gasteiger partial charge in [-0.15, -0.1) is 11.3 Å². The molecule has 0 radical (unpaired) electrons. The Morgan fingerprint density at radius 2 is 2.33 bits per heavy atom. The van der Waals surface area contributed by atoms with Crippen LogP contribution >= 0.6 is 11.3 Å². The topological polar surface area (TPSA) is 64.9 Å². The van der Waals surface area contributed by atoms with Gasteiger partial charge in [0, 0.05) is 6.54 Å². The van der Waals surface area contributed by atoms with Crippen LogP contribution in [0.2, 0.25) is 0 Å². The summed E-state index contributed by atoms with van der Waals surface area (Å²) < 4.78 is 0. The van der Waals surface area contributed by atoms with E-state index in [-0.39, 0.29) is 0 Å². The lowest BCUT2D eigenvalue weighted by molar-refractivity contribution is 1.02. The van der Waals surface area contributed by atoms with Gasteiger partial charge >= 0.3 is 0 Å². The smallest absolute Gasteiger partial charge is 0.109 e. The van der Waals surface area contributed by atoms with Crippen molar-refractivity contribution in [3.63, 3.8) is 0 Å². The zero-order valence-electron chi connectivity index (χ0n) is 5.22. The van der Waals surface area contributed by atoms with Crippen LogP contribution in [0.4, 0.5) is 5.00 Å². The molecule has 0 saturated carbocycles. The third-order valence-electron chi connectivity index (χ3n) is 1.05. The Hall–Kier alpha value is -0.610. The van der Waals surface area contributed by atoms with Crippen LogP contribution in [0, 0.1) is 6.92 Å². The second kappa shape index (κ2) is 2.33. The highest BCUT2D eigenvalue weighted by atomic mass is 32.1. The van der Waals surface area contributed by atoms with Gasteiger partial charge in [0.15, 0.2) is 0 Å². The zero-order chi connectivity index (χ0) is 6.85. The van der Waals surface area contributed by atoms with Gasteiger partial charge in [-0.05, 0) is 6.92 Å². The van der Waals surface area contributed by atoms with Crippen LogP contribution in [0.3, 0.4) is 0 Å². The van der Waals surface area contributed by atoms with E-state index in [0.29, 0.717) is 6.54 Å². The van der Waals surface area contributed by atoms with Crippen molar-refractivity contribution in [2.75, 3.05) is 5.73 Å². The van der Waals surface area contributed by atoms with E-state index >= 15 is 0 Å². The van der Waals surface area contributed by atoms with Crippen LogP contribution in [-0.4, -0.2) is 4.98 Å². The van der Waals surface area contributed by atoms with Crippen molar-refractivity contribution >= 4 is 16.3 Å². The molecule has 9 heavy (non-hydrogen) atoms. The van der Waals surface area contributed by atoms with E-state index < -0.39 is 0 Å². The maximum absolute atomic E-state index is 5.52. The summed E-state index contributed by atoms with van der Waals surface area (Å²) in [7, 11) is 0. The van der Waals surface area contributed by atoms with E-state index in [1.165, 1.54) is 11.3 Å². The molecule has 0 aromatic carbocycles. The summed E-state index contributed by atoms with van der Waals surface area (Å²) in [5.74, 6) is 0. The lowest BCUT2D eigenvalue weighted by atomic mass is 10.5. The van der Waals surface area contributed by atoms with Gasteiger partial charge in [-0.2, -0.15) is 0 Å². The predicted molar refractivity (Wildman–Crippen MR) is 39.2 cm³/mol. The SMILES string of the molecule is Cc1nc(CN)sc1N. The van der Waals surface area contributed by atoms with E-state index in [9.17, 15) is 0 Å². The highest BCUT2D eigenvalue weighted by molar-refractivity contribution is 7.15. The summed E-state index contributed by atoms with van der Waals surface area (Å²) in [6.07, 6.45) is 0. The van der Waals surface area contributed by atoms with Crippen molar-refractivity contribution in [1.82, 2.24) is 4.98 Å². The molecule has 1 aromatic rings. The largest absolute Gasteiger partial charge is 0.389 e. The molecule has 0 amide bonds. The predicted octanol–water partition coefficient (Wildman–Crippen LogP) is 0.492. The van der Waals surface area contributed by atoms with E-state index in [2.05, 4.69) is 4.98 Å². The minimum Gasteiger partial charge on any atom is -0.389 e. The number of hydrogen-bond donors (Lipinski definition) is 2.